The van der Waals surface area contributed by atoms with Crippen LogP contribution in [0.2, 0.25) is 0 Å². The quantitative estimate of drug-likeness (QED) is 0.717. The molecule has 1 fully saturated rings. The molecule has 33 heavy (non-hydrogen) atoms. The topological polar surface area (TPSA) is 95.9 Å². The van der Waals surface area contributed by atoms with Crippen molar-refractivity contribution in [2.24, 2.45) is 5.41 Å². The monoisotopic (exact) mass is 450 g/mol. The van der Waals surface area contributed by atoms with Crippen molar-refractivity contribution in [2.75, 3.05) is 13.2 Å². The Balaban J connectivity index is 1.40. The maximum atomic E-state index is 13.0. The molecule has 0 saturated carbocycles. The Kier molecular flexibility index (Phi) is 6.15. The molecule has 0 spiro atoms. The van der Waals surface area contributed by atoms with Crippen molar-refractivity contribution in [2.45, 2.75) is 51.6 Å². The molecule has 7 nitrogen and oxygen atoms in total. The van der Waals surface area contributed by atoms with Crippen molar-refractivity contribution in [3.63, 3.8) is 0 Å². The number of hydrogen-bond donors (Lipinski definition) is 2. The van der Waals surface area contributed by atoms with Crippen molar-refractivity contribution < 1.29 is 24.2 Å². The van der Waals surface area contributed by atoms with Gasteiger partial charge in [-0.2, -0.15) is 0 Å². The molecule has 1 saturated heterocycles. The summed E-state index contributed by atoms with van der Waals surface area (Å²) in [4.78, 5) is 38.8. The lowest BCUT2D eigenvalue weighted by molar-refractivity contribution is -0.159. The number of benzene rings is 2. The van der Waals surface area contributed by atoms with E-state index in [1.165, 1.54) is 4.90 Å². The summed E-state index contributed by atoms with van der Waals surface area (Å²) >= 11 is 0. The van der Waals surface area contributed by atoms with Crippen molar-refractivity contribution in [1.82, 2.24) is 10.2 Å². The Hall–Kier alpha value is -3.35. The second kappa shape index (κ2) is 8.89. The first kappa shape index (κ1) is 22.8. The van der Waals surface area contributed by atoms with Crippen LogP contribution in [0.3, 0.4) is 0 Å². The lowest BCUT2D eigenvalue weighted by Crippen LogP contribution is -2.60. The minimum absolute atomic E-state index is 0.0755. The molecule has 1 aliphatic carbocycles. The first-order chi connectivity index (χ1) is 15.7. The predicted octanol–water partition coefficient (Wildman–Crippen LogP) is 4.02. The second-order valence-corrected chi connectivity index (χ2v) is 9.56. The van der Waals surface area contributed by atoms with E-state index < -0.39 is 35.5 Å². The van der Waals surface area contributed by atoms with E-state index in [4.69, 9.17) is 4.74 Å². The third kappa shape index (κ3) is 4.32. The molecule has 0 aromatic heterocycles. The van der Waals surface area contributed by atoms with Crippen LogP contribution in [0, 0.1) is 5.41 Å². The molecule has 0 bridgehead atoms. The summed E-state index contributed by atoms with van der Waals surface area (Å²) in [5.74, 6) is -1.52. The van der Waals surface area contributed by atoms with Crippen molar-refractivity contribution in [3.05, 3.63) is 59.7 Å². The van der Waals surface area contributed by atoms with Gasteiger partial charge in [0.25, 0.3) is 0 Å². The van der Waals surface area contributed by atoms with E-state index in [1.54, 1.807) is 6.92 Å². The fourth-order valence-corrected chi connectivity index (χ4v) is 5.23. The highest BCUT2D eigenvalue weighted by atomic mass is 16.5. The van der Waals surface area contributed by atoms with E-state index in [0.717, 1.165) is 35.1 Å². The summed E-state index contributed by atoms with van der Waals surface area (Å²) < 4.78 is 5.53. The number of amides is 2. The number of aliphatic carboxylic acids is 1. The first-order valence-electron chi connectivity index (χ1n) is 11.4. The SMILES string of the molecule is C[C@@H](NC(=O)OCC1c2ccccc2-c2ccccc21)C(=O)N1CCCC(C)(C)C1C(=O)O. The third-order valence-electron chi connectivity index (χ3n) is 6.84. The van der Waals surface area contributed by atoms with Gasteiger partial charge in [0.2, 0.25) is 5.91 Å². The molecular weight excluding hydrogens is 420 g/mol. The number of carbonyl (C=O) groups excluding carboxylic acids is 2. The number of alkyl carbamates (subject to hydrolysis) is 1. The van der Waals surface area contributed by atoms with Gasteiger partial charge in [-0.25, -0.2) is 9.59 Å². The smallest absolute Gasteiger partial charge is 0.407 e. The molecule has 174 valence electrons. The molecule has 2 aromatic carbocycles. The third-order valence-corrected chi connectivity index (χ3v) is 6.84. The summed E-state index contributed by atoms with van der Waals surface area (Å²) in [6, 6.07) is 14.3. The number of nitrogens with one attached hydrogen (secondary N) is 1. The normalized spacial score (nSPS) is 19.8. The number of piperidine rings is 1. The standard InChI is InChI=1S/C26H30N2O5/c1-16(23(29)28-14-8-13-26(2,3)22(28)24(30)31)27-25(32)33-15-21-19-11-6-4-9-17(19)18-10-5-7-12-20(18)21/h4-7,9-12,16,21-22H,8,13-15H2,1-3H3,(H,27,32)(H,30,31)/t16-,22?/m1/s1. The van der Waals surface area contributed by atoms with E-state index in [1.807, 2.05) is 50.2 Å². The summed E-state index contributed by atoms with van der Waals surface area (Å²) in [6.07, 6.45) is 0.753. The summed E-state index contributed by atoms with van der Waals surface area (Å²) in [5, 5.41) is 12.3. The van der Waals surface area contributed by atoms with Gasteiger partial charge in [-0.1, -0.05) is 62.4 Å². The lowest BCUT2D eigenvalue weighted by atomic mass is 9.76. The maximum Gasteiger partial charge on any atom is 0.407 e. The molecule has 2 amide bonds. The summed E-state index contributed by atoms with van der Waals surface area (Å²) in [5.41, 5.74) is 3.95. The van der Waals surface area contributed by atoms with Crippen LogP contribution in [0.15, 0.2) is 48.5 Å². The molecule has 1 heterocycles. The van der Waals surface area contributed by atoms with Crippen LogP contribution in [-0.2, 0) is 14.3 Å². The van der Waals surface area contributed by atoms with Crippen molar-refractivity contribution in [1.29, 1.82) is 0 Å². The van der Waals surface area contributed by atoms with Crippen molar-refractivity contribution >= 4 is 18.0 Å². The summed E-state index contributed by atoms with van der Waals surface area (Å²) in [7, 11) is 0. The van der Waals surface area contributed by atoms with Gasteiger partial charge in [-0.15, -0.1) is 0 Å². The average molecular weight is 451 g/mol. The summed E-state index contributed by atoms with van der Waals surface area (Å²) in [6.45, 7) is 5.78. The van der Waals surface area contributed by atoms with Crippen molar-refractivity contribution in [3.8, 4) is 11.1 Å². The van der Waals surface area contributed by atoms with Crippen LogP contribution in [0.1, 0.15) is 50.7 Å². The fourth-order valence-electron chi connectivity index (χ4n) is 5.23. The van der Waals surface area contributed by atoms with Gasteiger partial charge >= 0.3 is 12.1 Å². The predicted molar refractivity (Wildman–Crippen MR) is 124 cm³/mol. The lowest BCUT2D eigenvalue weighted by Gasteiger charge is -2.44. The molecule has 2 aromatic rings. The minimum atomic E-state index is -1.03. The van der Waals surface area contributed by atoms with Crippen LogP contribution < -0.4 is 5.32 Å². The van der Waals surface area contributed by atoms with Gasteiger partial charge in [0.05, 0.1) is 0 Å². The van der Waals surface area contributed by atoms with Gasteiger partial charge in [0.1, 0.15) is 18.7 Å². The van der Waals surface area contributed by atoms with Gasteiger partial charge < -0.3 is 20.1 Å². The number of carbonyl (C=O) groups is 3. The van der Waals surface area contributed by atoms with Gasteiger partial charge in [0, 0.05) is 12.5 Å². The maximum absolute atomic E-state index is 13.0. The highest BCUT2D eigenvalue weighted by Gasteiger charge is 2.45. The number of nitrogens with zero attached hydrogens (tertiary/aromatic N) is 1. The van der Waals surface area contributed by atoms with Crippen LogP contribution in [0.4, 0.5) is 4.79 Å². The molecule has 4 rings (SSSR count). The first-order valence-corrected chi connectivity index (χ1v) is 11.4. The Labute approximate surface area is 193 Å². The van der Waals surface area contributed by atoms with E-state index in [-0.39, 0.29) is 12.5 Å². The molecule has 2 N–H and O–H groups in total. The van der Waals surface area contributed by atoms with Crippen LogP contribution in [-0.4, -0.2) is 53.2 Å². The highest BCUT2D eigenvalue weighted by Crippen LogP contribution is 2.44. The molecule has 1 unspecified atom stereocenters. The number of carboxylic acids is 1. The highest BCUT2D eigenvalue weighted by molar-refractivity contribution is 5.89. The Bertz CT molecular complexity index is 1030. The van der Waals surface area contributed by atoms with Crippen LogP contribution in [0.25, 0.3) is 11.1 Å². The minimum Gasteiger partial charge on any atom is -0.480 e. The van der Waals surface area contributed by atoms with Crippen LogP contribution >= 0.6 is 0 Å². The van der Waals surface area contributed by atoms with Gasteiger partial charge in [0.15, 0.2) is 0 Å². The second-order valence-electron chi connectivity index (χ2n) is 9.56. The van der Waals surface area contributed by atoms with E-state index in [9.17, 15) is 19.5 Å². The van der Waals surface area contributed by atoms with Crippen LogP contribution in [0.5, 0.6) is 0 Å². The van der Waals surface area contributed by atoms with E-state index >= 15 is 0 Å². The largest absolute Gasteiger partial charge is 0.480 e. The molecule has 2 atom stereocenters. The number of carboxylic acid groups (broad SMARTS) is 1. The zero-order valence-corrected chi connectivity index (χ0v) is 19.2. The Morgan fingerprint density at radius 3 is 2.24 bits per heavy atom. The fraction of sp³-hybridized carbons (Fsp3) is 0.423. The van der Waals surface area contributed by atoms with E-state index in [2.05, 4.69) is 17.4 Å². The molecule has 0 radical (unpaired) electrons. The molecular formula is C26H30N2O5. The Morgan fingerprint density at radius 2 is 1.67 bits per heavy atom. The zero-order chi connectivity index (χ0) is 23.8. The number of fused-ring (bicyclic) bond motifs is 3. The number of likely N-dealkylation sites (tertiary alicyclic amines) is 1. The van der Waals surface area contributed by atoms with Gasteiger partial charge in [-0.05, 0) is 47.4 Å². The molecule has 1 aliphatic heterocycles. The number of hydrogen-bond acceptors (Lipinski definition) is 4. The Morgan fingerprint density at radius 1 is 1.09 bits per heavy atom. The van der Waals surface area contributed by atoms with Gasteiger partial charge in [-0.3, -0.25) is 4.79 Å². The number of ether oxygens (including phenoxy) is 1. The van der Waals surface area contributed by atoms with E-state index in [0.29, 0.717) is 6.54 Å². The zero-order valence-electron chi connectivity index (χ0n) is 19.2. The molecule has 2 aliphatic rings. The molecule has 7 heteroatoms. The average Bonchev–Trinajstić information content (AvgIpc) is 3.09. The number of rotatable bonds is 5.